The van der Waals surface area contributed by atoms with Crippen LogP contribution in [0.15, 0.2) is 22.7 Å². The van der Waals surface area contributed by atoms with Crippen molar-refractivity contribution in [1.82, 2.24) is 0 Å². The van der Waals surface area contributed by atoms with Gasteiger partial charge in [-0.3, -0.25) is 5.32 Å². The summed E-state index contributed by atoms with van der Waals surface area (Å²) in [5.74, 6) is 0. The standard InChI is InChI=1S/C11H13BrINO2/c1-11(2,3)16-10(15)14-7-4-5-8(12)9(13)6-7/h4-6H,1-3H3,(H,14,15). The molecule has 1 aromatic rings. The Balaban J connectivity index is 2.67. The monoisotopic (exact) mass is 397 g/mol. The molecule has 1 rings (SSSR count). The molecule has 0 saturated heterocycles. The van der Waals surface area contributed by atoms with E-state index in [-0.39, 0.29) is 0 Å². The lowest BCUT2D eigenvalue weighted by atomic mass is 10.2. The molecule has 1 N–H and O–H groups in total. The molecule has 1 amide bonds. The second-order valence-electron chi connectivity index (χ2n) is 4.26. The van der Waals surface area contributed by atoms with Crippen LogP contribution >= 0.6 is 38.5 Å². The molecule has 16 heavy (non-hydrogen) atoms. The second kappa shape index (κ2) is 5.35. The van der Waals surface area contributed by atoms with E-state index in [1.165, 1.54) is 0 Å². The first kappa shape index (κ1) is 13.8. The van der Waals surface area contributed by atoms with E-state index in [2.05, 4.69) is 43.8 Å². The Hall–Kier alpha value is -0.300. The number of benzene rings is 1. The Morgan fingerprint density at radius 3 is 2.56 bits per heavy atom. The van der Waals surface area contributed by atoms with E-state index in [0.29, 0.717) is 0 Å². The third kappa shape index (κ3) is 4.69. The Bertz CT molecular complexity index is 401. The minimum atomic E-state index is -0.480. The zero-order valence-electron chi connectivity index (χ0n) is 9.30. The summed E-state index contributed by atoms with van der Waals surface area (Å²) < 4.78 is 7.18. The van der Waals surface area contributed by atoms with Crippen molar-refractivity contribution in [2.45, 2.75) is 26.4 Å². The molecular formula is C11H13BrINO2. The molecule has 0 heterocycles. The molecule has 0 unspecified atom stereocenters. The van der Waals surface area contributed by atoms with Gasteiger partial charge in [0, 0.05) is 13.7 Å². The molecule has 0 fully saturated rings. The number of nitrogens with one attached hydrogen (secondary N) is 1. The van der Waals surface area contributed by atoms with E-state index >= 15 is 0 Å². The number of anilines is 1. The zero-order chi connectivity index (χ0) is 12.3. The quantitative estimate of drug-likeness (QED) is 0.713. The summed E-state index contributed by atoms with van der Waals surface area (Å²) in [6.07, 6.45) is -0.439. The fourth-order valence-electron chi connectivity index (χ4n) is 0.995. The highest BCUT2D eigenvalue weighted by Crippen LogP contribution is 2.22. The van der Waals surface area contributed by atoms with Gasteiger partial charge in [0.1, 0.15) is 5.60 Å². The first-order valence-corrected chi connectivity index (χ1v) is 6.60. The minimum absolute atomic E-state index is 0.439. The maximum Gasteiger partial charge on any atom is 0.412 e. The minimum Gasteiger partial charge on any atom is -0.444 e. The lowest BCUT2D eigenvalue weighted by Crippen LogP contribution is -2.27. The van der Waals surface area contributed by atoms with E-state index in [4.69, 9.17) is 4.74 Å². The van der Waals surface area contributed by atoms with Gasteiger partial charge in [-0.15, -0.1) is 0 Å². The molecule has 0 saturated carbocycles. The van der Waals surface area contributed by atoms with Crippen molar-refractivity contribution in [2.24, 2.45) is 0 Å². The number of carbonyl (C=O) groups is 1. The number of ether oxygens (including phenoxy) is 1. The average molecular weight is 398 g/mol. The van der Waals surface area contributed by atoms with Gasteiger partial charge in [0.2, 0.25) is 0 Å². The van der Waals surface area contributed by atoms with Gasteiger partial charge in [0.05, 0.1) is 0 Å². The van der Waals surface area contributed by atoms with Crippen LogP contribution in [0.5, 0.6) is 0 Å². The van der Waals surface area contributed by atoms with Gasteiger partial charge in [0.15, 0.2) is 0 Å². The predicted molar refractivity (Wildman–Crippen MR) is 76.7 cm³/mol. The van der Waals surface area contributed by atoms with E-state index in [1.54, 1.807) is 0 Å². The Morgan fingerprint density at radius 1 is 1.44 bits per heavy atom. The molecule has 1 aromatic carbocycles. The van der Waals surface area contributed by atoms with Crippen molar-refractivity contribution in [2.75, 3.05) is 5.32 Å². The topological polar surface area (TPSA) is 38.3 Å². The van der Waals surface area contributed by atoms with Gasteiger partial charge in [0.25, 0.3) is 0 Å². The molecule has 0 aliphatic heterocycles. The number of hydrogen-bond donors (Lipinski definition) is 1. The molecule has 0 atom stereocenters. The van der Waals surface area contributed by atoms with Crippen LogP contribution in [0.2, 0.25) is 0 Å². The maximum absolute atomic E-state index is 11.5. The van der Waals surface area contributed by atoms with E-state index in [1.807, 2.05) is 39.0 Å². The molecule has 0 aliphatic rings. The Labute approximate surface area is 117 Å². The van der Waals surface area contributed by atoms with Crippen molar-refractivity contribution in [1.29, 1.82) is 0 Å². The molecule has 5 heteroatoms. The van der Waals surface area contributed by atoms with Crippen LogP contribution in [0.3, 0.4) is 0 Å². The summed E-state index contributed by atoms with van der Waals surface area (Å²) in [7, 11) is 0. The molecular weight excluding hydrogens is 385 g/mol. The summed E-state index contributed by atoms with van der Waals surface area (Å²) in [4.78, 5) is 11.5. The van der Waals surface area contributed by atoms with E-state index in [0.717, 1.165) is 13.7 Å². The predicted octanol–water partition coefficient (Wildman–Crippen LogP) is 4.40. The lowest BCUT2D eigenvalue weighted by Gasteiger charge is -2.19. The molecule has 0 aliphatic carbocycles. The largest absolute Gasteiger partial charge is 0.444 e. The summed E-state index contributed by atoms with van der Waals surface area (Å²) in [5, 5.41) is 2.68. The number of hydrogen-bond acceptors (Lipinski definition) is 2. The molecule has 0 radical (unpaired) electrons. The fraction of sp³-hybridized carbons (Fsp3) is 0.364. The van der Waals surface area contributed by atoms with Crippen molar-refractivity contribution in [3.05, 3.63) is 26.2 Å². The second-order valence-corrected chi connectivity index (χ2v) is 6.27. The molecule has 0 spiro atoms. The van der Waals surface area contributed by atoms with E-state index in [9.17, 15) is 4.79 Å². The smallest absolute Gasteiger partial charge is 0.412 e. The molecule has 0 bridgehead atoms. The number of carbonyl (C=O) groups excluding carboxylic acids is 1. The lowest BCUT2D eigenvalue weighted by molar-refractivity contribution is 0.0636. The van der Waals surface area contributed by atoms with Crippen LogP contribution in [0.1, 0.15) is 20.8 Å². The van der Waals surface area contributed by atoms with Crippen LogP contribution in [-0.4, -0.2) is 11.7 Å². The van der Waals surface area contributed by atoms with E-state index < -0.39 is 11.7 Å². The highest BCUT2D eigenvalue weighted by Gasteiger charge is 2.16. The number of rotatable bonds is 1. The fourth-order valence-corrected chi connectivity index (χ4v) is 1.76. The van der Waals surface area contributed by atoms with Gasteiger partial charge in [-0.25, -0.2) is 4.79 Å². The molecule has 0 aromatic heterocycles. The van der Waals surface area contributed by atoms with Gasteiger partial charge >= 0.3 is 6.09 Å². The first-order valence-electron chi connectivity index (χ1n) is 4.73. The van der Waals surface area contributed by atoms with Crippen LogP contribution in [0.4, 0.5) is 10.5 Å². The van der Waals surface area contributed by atoms with Crippen molar-refractivity contribution in [3.63, 3.8) is 0 Å². The summed E-state index contributed by atoms with van der Waals surface area (Å²) in [6.45, 7) is 5.49. The third-order valence-corrected chi connectivity index (χ3v) is 3.89. The highest BCUT2D eigenvalue weighted by molar-refractivity contribution is 14.1. The van der Waals surface area contributed by atoms with Crippen LogP contribution in [0, 0.1) is 3.57 Å². The van der Waals surface area contributed by atoms with Gasteiger partial charge in [-0.2, -0.15) is 0 Å². The number of amides is 1. The third-order valence-electron chi connectivity index (χ3n) is 1.56. The van der Waals surface area contributed by atoms with Crippen molar-refractivity contribution < 1.29 is 9.53 Å². The number of halogens is 2. The SMILES string of the molecule is CC(C)(C)OC(=O)Nc1ccc(Br)c(I)c1. The molecule has 88 valence electrons. The van der Waals surface area contributed by atoms with Crippen LogP contribution in [-0.2, 0) is 4.74 Å². The maximum atomic E-state index is 11.5. The Morgan fingerprint density at radius 2 is 2.06 bits per heavy atom. The van der Waals surface area contributed by atoms with Crippen LogP contribution < -0.4 is 5.32 Å². The average Bonchev–Trinajstić information content (AvgIpc) is 2.08. The summed E-state index contributed by atoms with van der Waals surface area (Å²) in [6, 6.07) is 5.57. The summed E-state index contributed by atoms with van der Waals surface area (Å²) >= 11 is 5.58. The van der Waals surface area contributed by atoms with Crippen molar-refractivity contribution in [3.8, 4) is 0 Å². The van der Waals surface area contributed by atoms with Gasteiger partial charge in [-0.1, -0.05) is 0 Å². The normalized spacial score (nSPS) is 11.1. The van der Waals surface area contributed by atoms with Gasteiger partial charge < -0.3 is 4.74 Å². The Kier molecular flexibility index (Phi) is 4.61. The highest BCUT2D eigenvalue weighted by atomic mass is 127. The summed E-state index contributed by atoms with van der Waals surface area (Å²) in [5.41, 5.74) is 0.244. The van der Waals surface area contributed by atoms with Gasteiger partial charge in [-0.05, 0) is 77.5 Å². The molecule has 3 nitrogen and oxygen atoms in total. The van der Waals surface area contributed by atoms with Crippen molar-refractivity contribution >= 4 is 50.3 Å². The zero-order valence-corrected chi connectivity index (χ0v) is 13.0. The first-order chi connectivity index (χ1) is 7.28. The van der Waals surface area contributed by atoms with Crippen LogP contribution in [0.25, 0.3) is 0 Å².